The predicted molar refractivity (Wildman–Crippen MR) is 101 cm³/mol. The van der Waals surface area contributed by atoms with E-state index in [-0.39, 0.29) is 11.5 Å². The normalized spacial score (nSPS) is 20.3. The van der Waals surface area contributed by atoms with Gasteiger partial charge >= 0.3 is 0 Å². The van der Waals surface area contributed by atoms with E-state index < -0.39 is 0 Å². The summed E-state index contributed by atoms with van der Waals surface area (Å²) < 4.78 is 0. The second-order valence-corrected chi connectivity index (χ2v) is 7.32. The Labute approximate surface area is 146 Å². The molecule has 1 atom stereocenters. The lowest BCUT2D eigenvalue weighted by atomic mass is 9.71. The third-order valence-corrected chi connectivity index (χ3v) is 5.04. The maximum Gasteiger partial charge on any atom is 0.115 e. The molecule has 4 heteroatoms. The highest BCUT2D eigenvalue weighted by Crippen LogP contribution is 2.43. The van der Waals surface area contributed by atoms with Crippen molar-refractivity contribution in [1.29, 1.82) is 0 Å². The Morgan fingerprint density at radius 3 is 2.54 bits per heavy atom. The topological polar surface area (TPSA) is 60.2 Å². The number of nitrogens with zero attached hydrogens (tertiary/aromatic N) is 1. The molecule has 0 saturated carbocycles. The van der Waals surface area contributed by atoms with Crippen LogP contribution >= 0.6 is 0 Å². The molecule has 2 rings (SSSR count). The minimum Gasteiger partial charge on any atom is -0.396 e. The van der Waals surface area contributed by atoms with E-state index in [0.717, 1.165) is 18.5 Å². The second-order valence-electron chi connectivity index (χ2n) is 7.32. The zero-order valence-electron chi connectivity index (χ0n) is 15.8. The largest absolute Gasteiger partial charge is 0.396 e. The van der Waals surface area contributed by atoms with E-state index in [4.69, 9.17) is 10.6 Å². The molecule has 3 N–H and O–H groups in total. The van der Waals surface area contributed by atoms with Gasteiger partial charge in [0, 0.05) is 11.6 Å². The number of allylic oxidation sites excluding steroid dienone is 2. The van der Waals surface area contributed by atoms with Crippen LogP contribution in [0.4, 0.5) is 11.4 Å². The third kappa shape index (κ3) is 3.64. The summed E-state index contributed by atoms with van der Waals surface area (Å²) in [5.74, 6) is 0.578. The molecular weight excluding hydrogens is 298 g/mol. The number of anilines is 2. The summed E-state index contributed by atoms with van der Waals surface area (Å²) in [7, 11) is 0. The molecular formula is C20H31N3O. The zero-order valence-corrected chi connectivity index (χ0v) is 15.8. The first kappa shape index (κ1) is 18.5. The molecule has 0 aliphatic heterocycles. The van der Waals surface area contributed by atoms with Gasteiger partial charge in [0.2, 0.25) is 0 Å². The Morgan fingerprint density at radius 1 is 1.29 bits per heavy atom. The van der Waals surface area contributed by atoms with Crippen molar-refractivity contribution in [3.8, 4) is 0 Å². The van der Waals surface area contributed by atoms with E-state index in [2.05, 4.69) is 58.1 Å². The summed E-state index contributed by atoms with van der Waals surface area (Å²) in [5, 5.41) is 0. The van der Waals surface area contributed by atoms with Crippen molar-refractivity contribution in [1.82, 2.24) is 4.98 Å². The minimum atomic E-state index is -0.0848. The van der Waals surface area contributed by atoms with Crippen LogP contribution in [0.5, 0.6) is 0 Å². The van der Waals surface area contributed by atoms with Gasteiger partial charge in [-0.2, -0.15) is 0 Å². The van der Waals surface area contributed by atoms with Crippen LogP contribution in [-0.4, -0.2) is 11.1 Å². The number of nitrogen functional groups attached to an aromatic ring is 1. The molecule has 1 unspecified atom stereocenters. The molecule has 24 heavy (non-hydrogen) atoms. The molecule has 0 fully saturated rings. The molecule has 1 heterocycles. The number of nitrogens with two attached hydrogens (primary N) is 1. The van der Waals surface area contributed by atoms with Crippen molar-refractivity contribution in [3.63, 3.8) is 0 Å². The monoisotopic (exact) mass is 329 g/mol. The summed E-state index contributed by atoms with van der Waals surface area (Å²) in [6, 6.07) is 1.83. The fraction of sp³-hybridized carbons (Fsp3) is 0.550. The molecule has 1 aromatic heterocycles. The Morgan fingerprint density at radius 2 is 1.96 bits per heavy atom. The smallest absolute Gasteiger partial charge is 0.115 e. The first-order valence-corrected chi connectivity index (χ1v) is 8.83. The average Bonchev–Trinajstić information content (AvgIpc) is 2.52. The molecule has 0 spiro atoms. The van der Waals surface area contributed by atoms with Crippen molar-refractivity contribution in [2.24, 2.45) is 11.3 Å². The van der Waals surface area contributed by atoms with Crippen LogP contribution in [0.3, 0.4) is 0 Å². The summed E-state index contributed by atoms with van der Waals surface area (Å²) in [5.41, 5.74) is 14.4. The SMILES string of the molecule is CCC(CC)C1=C(C)C(ONc2ccncc2N)C(C)(C)C=C1C. The summed E-state index contributed by atoms with van der Waals surface area (Å²) in [4.78, 5) is 10.1. The van der Waals surface area contributed by atoms with Gasteiger partial charge in [0.25, 0.3) is 0 Å². The number of nitrogens with one attached hydrogen (secondary N) is 1. The van der Waals surface area contributed by atoms with E-state index in [1.54, 1.807) is 12.4 Å². The van der Waals surface area contributed by atoms with E-state index >= 15 is 0 Å². The van der Waals surface area contributed by atoms with Gasteiger partial charge < -0.3 is 5.73 Å². The minimum absolute atomic E-state index is 0.0376. The van der Waals surface area contributed by atoms with Crippen LogP contribution in [0.1, 0.15) is 54.4 Å². The number of hydrogen-bond donors (Lipinski definition) is 2. The highest BCUT2D eigenvalue weighted by Gasteiger charge is 2.37. The van der Waals surface area contributed by atoms with E-state index in [1.165, 1.54) is 16.7 Å². The summed E-state index contributed by atoms with van der Waals surface area (Å²) in [6.45, 7) is 13.4. The third-order valence-electron chi connectivity index (χ3n) is 5.04. The lowest BCUT2D eigenvalue weighted by Gasteiger charge is -2.39. The maximum atomic E-state index is 6.13. The molecule has 1 aromatic rings. The van der Waals surface area contributed by atoms with Crippen molar-refractivity contribution < 1.29 is 4.84 Å². The molecule has 0 bridgehead atoms. The molecule has 0 saturated heterocycles. The number of pyridine rings is 1. The van der Waals surface area contributed by atoms with Crippen molar-refractivity contribution in [2.75, 3.05) is 11.2 Å². The first-order valence-electron chi connectivity index (χ1n) is 8.83. The van der Waals surface area contributed by atoms with E-state index in [9.17, 15) is 0 Å². The molecule has 4 nitrogen and oxygen atoms in total. The Balaban J connectivity index is 2.30. The van der Waals surface area contributed by atoms with Crippen LogP contribution in [0.2, 0.25) is 0 Å². The highest BCUT2D eigenvalue weighted by atomic mass is 16.7. The quantitative estimate of drug-likeness (QED) is 0.712. The number of rotatable bonds is 6. The van der Waals surface area contributed by atoms with Crippen molar-refractivity contribution in [3.05, 3.63) is 41.3 Å². The van der Waals surface area contributed by atoms with Gasteiger partial charge in [0.1, 0.15) is 6.10 Å². The zero-order chi connectivity index (χ0) is 17.9. The molecule has 1 aliphatic carbocycles. The lowest BCUT2D eigenvalue weighted by molar-refractivity contribution is 0.0536. The van der Waals surface area contributed by atoms with Gasteiger partial charge in [-0.1, -0.05) is 39.3 Å². The Bertz CT molecular complexity index is 642. The fourth-order valence-corrected chi connectivity index (χ4v) is 3.92. The molecule has 0 radical (unpaired) electrons. The van der Waals surface area contributed by atoms with Gasteiger partial charge in [-0.15, -0.1) is 0 Å². The standard InChI is InChI=1S/C20H31N3O/c1-7-15(8-2)18-13(3)11-20(5,6)19(14(18)4)24-23-17-9-10-22-12-16(17)21/h9-12,15,19H,7-8,21H2,1-6H3,(H,22,23). The summed E-state index contributed by atoms with van der Waals surface area (Å²) >= 11 is 0. The van der Waals surface area contributed by atoms with Gasteiger partial charge in [0.05, 0.1) is 17.6 Å². The first-order chi connectivity index (χ1) is 11.3. The van der Waals surface area contributed by atoms with Gasteiger partial charge in [0.15, 0.2) is 0 Å². The van der Waals surface area contributed by atoms with Gasteiger partial charge in [-0.05, 0) is 49.8 Å². The van der Waals surface area contributed by atoms with Crippen LogP contribution in [0, 0.1) is 11.3 Å². The van der Waals surface area contributed by atoms with E-state index in [0.29, 0.717) is 11.6 Å². The number of hydrogen-bond acceptors (Lipinski definition) is 4. The average molecular weight is 329 g/mol. The van der Waals surface area contributed by atoms with Crippen molar-refractivity contribution in [2.45, 2.75) is 60.5 Å². The Kier molecular flexibility index (Phi) is 5.70. The van der Waals surface area contributed by atoms with Gasteiger partial charge in [-0.3, -0.25) is 15.3 Å². The molecule has 1 aliphatic rings. The van der Waals surface area contributed by atoms with Gasteiger partial charge in [-0.25, -0.2) is 0 Å². The van der Waals surface area contributed by atoms with Crippen LogP contribution in [-0.2, 0) is 4.84 Å². The maximum absolute atomic E-state index is 6.13. The van der Waals surface area contributed by atoms with Crippen LogP contribution < -0.4 is 11.2 Å². The van der Waals surface area contributed by atoms with Crippen molar-refractivity contribution >= 4 is 11.4 Å². The van der Waals surface area contributed by atoms with Crippen LogP contribution in [0.25, 0.3) is 0 Å². The predicted octanol–water partition coefficient (Wildman–Crippen LogP) is 5.11. The highest BCUT2D eigenvalue weighted by molar-refractivity contribution is 5.63. The lowest BCUT2D eigenvalue weighted by Crippen LogP contribution is -2.37. The van der Waals surface area contributed by atoms with Crippen LogP contribution in [0.15, 0.2) is 41.3 Å². The second kappa shape index (κ2) is 7.39. The molecule has 132 valence electrons. The summed E-state index contributed by atoms with van der Waals surface area (Å²) in [6.07, 6.45) is 7.93. The fourth-order valence-electron chi connectivity index (χ4n) is 3.92. The molecule has 0 amide bonds. The Hall–Kier alpha value is -1.81. The number of aromatic nitrogens is 1. The van der Waals surface area contributed by atoms with E-state index in [1.807, 2.05) is 6.07 Å². The molecule has 0 aromatic carbocycles.